The highest BCUT2D eigenvalue weighted by atomic mass is 16.5. The van der Waals surface area contributed by atoms with Gasteiger partial charge < -0.3 is 14.6 Å². The van der Waals surface area contributed by atoms with Crippen LogP contribution in [-0.2, 0) is 5.41 Å². The van der Waals surface area contributed by atoms with E-state index in [-0.39, 0.29) is 29.6 Å². The normalized spacial score (nSPS) is 29.0. The number of nitrogens with one attached hydrogen (secondary N) is 1. The first-order chi connectivity index (χ1) is 26.4. The Kier molecular flexibility index (Phi) is 7.76. The SMILES string of the molecule is CC1C=CC(C2=NC(C3=CC(C)C(n4c5c(c6ccc(-c7cccc8c7OC7C=CC=CC87C)cc64)C=CCC5C)C=C3)N=C(c3ccccc3)N2)=CC1. The topological polar surface area (TPSA) is 50.9 Å². The average Bonchev–Trinajstić information content (AvgIpc) is 3.70. The molecule has 6 aliphatic rings. The summed E-state index contributed by atoms with van der Waals surface area (Å²) >= 11 is 0. The molecule has 0 fully saturated rings. The summed E-state index contributed by atoms with van der Waals surface area (Å²) in [7, 11) is 0. The van der Waals surface area contributed by atoms with Gasteiger partial charge in [0.1, 0.15) is 23.5 Å². The van der Waals surface area contributed by atoms with Gasteiger partial charge in [-0.3, -0.25) is 0 Å². The maximum atomic E-state index is 6.72. The van der Waals surface area contributed by atoms with E-state index in [0.29, 0.717) is 11.8 Å². The van der Waals surface area contributed by atoms with Gasteiger partial charge in [-0.2, -0.15) is 0 Å². The molecule has 2 aliphatic heterocycles. The van der Waals surface area contributed by atoms with E-state index >= 15 is 0 Å². The Hall–Kier alpha value is -5.68. The molecule has 5 heteroatoms. The van der Waals surface area contributed by atoms with Crippen LogP contribution in [0.25, 0.3) is 28.1 Å². The van der Waals surface area contributed by atoms with Gasteiger partial charge in [0.25, 0.3) is 0 Å². The number of ether oxygens (including phenoxy) is 1. The fourth-order valence-electron chi connectivity index (χ4n) is 9.31. The summed E-state index contributed by atoms with van der Waals surface area (Å²) in [5, 5.41) is 4.88. The van der Waals surface area contributed by atoms with Crippen LogP contribution in [0.5, 0.6) is 5.75 Å². The lowest BCUT2D eigenvalue weighted by Gasteiger charge is -2.31. The van der Waals surface area contributed by atoms with Crippen LogP contribution in [0, 0.1) is 11.8 Å². The van der Waals surface area contributed by atoms with E-state index in [1.165, 1.54) is 33.3 Å². The van der Waals surface area contributed by atoms with E-state index in [1.54, 1.807) is 0 Å². The molecule has 54 heavy (non-hydrogen) atoms. The van der Waals surface area contributed by atoms with E-state index < -0.39 is 0 Å². The number of hydrogen-bond acceptors (Lipinski definition) is 4. The lowest BCUT2D eigenvalue weighted by molar-refractivity contribution is 0.228. The van der Waals surface area contributed by atoms with Crippen LogP contribution in [0.2, 0.25) is 0 Å². The van der Waals surface area contributed by atoms with Gasteiger partial charge in [0.15, 0.2) is 6.17 Å². The molecule has 1 aromatic heterocycles. The largest absolute Gasteiger partial charge is 0.484 e. The summed E-state index contributed by atoms with van der Waals surface area (Å²) in [6, 6.07) is 24.2. The van der Waals surface area contributed by atoms with Gasteiger partial charge in [0, 0.05) is 44.8 Å². The van der Waals surface area contributed by atoms with Gasteiger partial charge in [-0.1, -0.05) is 148 Å². The van der Waals surface area contributed by atoms with Crippen LogP contribution in [0.15, 0.2) is 155 Å². The van der Waals surface area contributed by atoms with Crippen molar-refractivity contribution >= 4 is 28.7 Å². The molecule has 5 nitrogen and oxygen atoms in total. The molecule has 1 N–H and O–H groups in total. The van der Waals surface area contributed by atoms with Crippen LogP contribution >= 0.6 is 0 Å². The van der Waals surface area contributed by atoms with Crippen molar-refractivity contribution in [2.75, 3.05) is 0 Å². The molecule has 3 aromatic carbocycles. The Bertz CT molecular complexity index is 2480. The number of benzene rings is 3. The Balaban J connectivity index is 1.05. The van der Waals surface area contributed by atoms with Crippen LogP contribution in [0.4, 0.5) is 0 Å². The molecule has 4 aliphatic carbocycles. The molecule has 3 heterocycles. The highest BCUT2D eigenvalue weighted by Crippen LogP contribution is 2.51. The maximum absolute atomic E-state index is 6.72. The number of hydrogen-bond donors (Lipinski definition) is 1. The van der Waals surface area contributed by atoms with Crippen LogP contribution in [0.3, 0.4) is 0 Å². The first-order valence-electron chi connectivity index (χ1n) is 19.6. The summed E-state index contributed by atoms with van der Waals surface area (Å²) in [4.78, 5) is 10.4. The third kappa shape index (κ3) is 5.27. The quantitative estimate of drug-likeness (QED) is 0.225. The fraction of sp³-hybridized carbons (Fsp3) is 0.265. The molecule has 4 aromatic rings. The minimum Gasteiger partial charge on any atom is -0.484 e. The second kappa shape index (κ2) is 12.7. The molecule has 0 radical (unpaired) electrons. The molecule has 0 spiro atoms. The number of aliphatic imine (C=N–C) groups is 2. The number of nitrogens with zero attached hydrogens (tertiary/aromatic N) is 3. The highest BCUT2D eigenvalue weighted by Gasteiger charge is 2.44. The van der Waals surface area contributed by atoms with Crippen molar-refractivity contribution in [1.29, 1.82) is 0 Å². The van der Waals surface area contributed by atoms with Crippen molar-refractivity contribution in [3.63, 3.8) is 0 Å². The average molecular weight is 707 g/mol. The number of fused-ring (bicyclic) bond motifs is 6. The van der Waals surface area contributed by atoms with Crippen LogP contribution in [0.1, 0.15) is 74.9 Å². The molecular formula is C49H46N4O. The van der Waals surface area contributed by atoms with Crippen molar-refractivity contribution in [3.8, 4) is 16.9 Å². The number of rotatable bonds is 5. The van der Waals surface area contributed by atoms with E-state index in [2.05, 4.69) is 171 Å². The number of allylic oxidation sites excluding steroid dienone is 7. The second-order valence-corrected chi connectivity index (χ2v) is 16.1. The molecule has 0 bridgehead atoms. The highest BCUT2D eigenvalue weighted by molar-refractivity contribution is 6.16. The fourth-order valence-corrected chi connectivity index (χ4v) is 9.31. The summed E-state index contributed by atoms with van der Waals surface area (Å²) in [6.45, 7) is 9.26. The van der Waals surface area contributed by atoms with Gasteiger partial charge in [-0.15, -0.1) is 0 Å². The zero-order valence-electron chi connectivity index (χ0n) is 31.4. The zero-order chi connectivity index (χ0) is 36.6. The predicted octanol–water partition coefficient (Wildman–Crippen LogP) is 10.9. The minimum absolute atomic E-state index is 0.00627. The van der Waals surface area contributed by atoms with E-state index in [4.69, 9.17) is 14.7 Å². The van der Waals surface area contributed by atoms with Crippen LogP contribution < -0.4 is 10.1 Å². The molecule has 7 unspecified atom stereocenters. The molecule has 0 saturated carbocycles. The van der Waals surface area contributed by atoms with Gasteiger partial charge >= 0.3 is 0 Å². The molecule has 10 rings (SSSR count). The van der Waals surface area contributed by atoms with Gasteiger partial charge in [0.05, 0.1) is 17.0 Å². The summed E-state index contributed by atoms with van der Waals surface area (Å²) in [5.74, 6) is 3.91. The number of para-hydroxylation sites is 1. The lowest BCUT2D eigenvalue weighted by Crippen LogP contribution is -2.38. The Labute approximate surface area is 318 Å². The van der Waals surface area contributed by atoms with Crippen molar-refractivity contribution in [2.45, 2.75) is 70.2 Å². The first-order valence-corrected chi connectivity index (χ1v) is 19.6. The van der Waals surface area contributed by atoms with Crippen molar-refractivity contribution < 1.29 is 4.74 Å². The third-order valence-electron chi connectivity index (χ3n) is 12.4. The zero-order valence-corrected chi connectivity index (χ0v) is 31.4. The summed E-state index contributed by atoms with van der Waals surface area (Å²) in [5.41, 5.74) is 10.8. The smallest absolute Gasteiger partial charge is 0.169 e. The van der Waals surface area contributed by atoms with Crippen molar-refractivity contribution in [1.82, 2.24) is 9.88 Å². The summed E-state index contributed by atoms with van der Waals surface area (Å²) in [6.07, 6.45) is 29.0. The minimum atomic E-state index is -0.330. The Morgan fingerprint density at radius 1 is 0.833 bits per heavy atom. The first kappa shape index (κ1) is 32.9. The molecule has 0 saturated heterocycles. The second-order valence-electron chi connectivity index (χ2n) is 16.1. The standard InChI is InChI=1S/C49H46N4O/c1-30-19-21-34(22-20-30)47-50-46(33-13-6-5-7-14-33)51-48(52-47)36-24-26-41(32(3)28-36)53-42-29-35(23-25-38(42)39-16-10-12-31(2)44(39)53)37-15-11-17-40-45(37)54-43-18-8-9-27-49(40,43)4/h5-11,13-19,21-32,41,43,48H,12,20H2,1-4H3,(H,50,51,52). The van der Waals surface area contributed by atoms with E-state index in [9.17, 15) is 0 Å². The number of amidine groups is 2. The molecular weight excluding hydrogens is 661 g/mol. The van der Waals surface area contributed by atoms with Gasteiger partial charge in [-0.25, -0.2) is 9.98 Å². The Morgan fingerprint density at radius 3 is 2.54 bits per heavy atom. The van der Waals surface area contributed by atoms with Gasteiger partial charge in [0.2, 0.25) is 0 Å². The monoisotopic (exact) mass is 706 g/mol. The van der Waals surface area contributed by atoms with Crippen molar-refractivity contribution in [3.05, 3.63) is 167 Å². The van der Waals surface area contributed by atoms with E-state index in [1.807, 2.05) is 6.07 Å². The molecule has 268 valence electrons. The van der Waals surface area contributed by atoms with E-state index in [0.717, 1.165) is 52.5 Å². The maximum Gasteiger partial charge on any atom is 0.169 e. The third-order valence-corrected chi connectivity index (χ3v) is 12.4. The van der Waals surface area contributed by atoms with Crippen LogP contribution in [-0.4, -0.2) is 28.5 Å². The predicted molar refractivity (Wildman–Crippen MR) is 223 cm³/mol. The lowest BCUT2D eigenvalue weighted by atomic mass is 9.76. The van der Waals surface area contributed by atoms with Gasteiger partial charge in [-0.05, 0) is 54.9 Å². The van der Waals surface area contributed by atoms with Crippen molar-refractivity contribution in [2.24, 2.45) is 21.8 Å². The number of aromatic nitrogens is 1. The summed E-state index contributed by atoms with van der Waals surface area (Å²) < 4.78 is 9.36. The molecule has 0 amide bonds. The Morgan fingerprint density at radius 2 is 1.70 bits per heavy atom. The molecule has 7 atom stereocenters.